The molecule has 1 aliphatic heterocycles. The largest absolute Gasteiger partial charge is 0.449 e. The number of para-hydroxylation sites is 2. The van der Waals surface area contributed by atoms with Crippen LogP contribution in [-0.2, 0) is 5.41 Å². The maximum absolute atomic E-state index is 7.35. The first-order valence-electron chi connectivity index (χ1n) is 21.9. The van der Waals surface area contributed by atoms with E-state index in [4.69, 9.17) is 9.47 Å². The second-order valence-electron chi connectivity index (χ2n) is 16.7. The van der Waals surface area contributed by atoms with Crippen LogP contribution >= 0.6 is 0 Å². The molecule has 1 spiro atoms. The summed E-state index contributed by atoms with van der Waals surface area (Å²) in [4.78, 5) is 2.36. The van der Waals surface area contributed by atoms with E-state index in [0.29, 0.717) is 23.0 Å². The summed E-state index contributed by atoms with van der Waals surface area (Å²) in [6.45, 7) is 0. The zero-order valence-electron chi connectivity index (χ0n) is 34.8. The maximum atomic E-state index is 7.35. The van der Waals surface area contributed by atoms with Crippen molar-refractivity contribution in [3.8, 4) is 78.6 Å². The monoisotopic (exact) mass is 817 g/mol. The molecule has 0 amide bonds. The van der Waals surface area contributed by atoms with Gasteiger partial charge in [-0.3, -0.25) is 0 Å². The van der Waals surface area contributed by atoms with Crippen molar-refractivity contribution >= 4 is 17.1 Å². The molecule has 10 aromatic rings. The Morgan fingerprint density at radius 1 is 0.266 bits per heavy atom. The number of rotatable bonds is 6. The maximum Gasteiger partial charge on any atom is 0.194 e. The lowest BCUT2D eigenvalue weighted by Crippen LogP contribution is -2.26. The molecule has 300 valence electrons. The second kappa shape index (κ2) is 14.3. The van der Waals surface area contributed by atoms with Crippen LogP contribution in [0.2, 0.25) is 0 Å². The van der Waals surface area contributed by atoms with Crippen molar-refractivity contribution < 1.29 is 9.47 Å². The van der Waals surface area contributed by atoms with Gasteiger partial charge in [-0.05, 0) is 109 Å². The van der Waals surface area contributed by atoms with Crippen LogP contribution in [0.4, 0.5) is 17.1 Å². The number of ether oxygens (including phenoxy) is 2. The first-order chi connectivity index (χ1) is 31.8. The minimum absolute atomic E-state index is 0.511. The van der Waals surface area contributed by atoms with Crippen LogP contribution in [0.1, 0.15) is 22.3 Å². The molecule has 0 bridgehead atoms. The third-order valence-electron chi connectivity index (χ3n) is 13.4. The molecule has 0 aromatic heterocycles. The summed E-state index contributed by atoms with van der Waals surface area (Å²) in [6, 6.07) is 84.7. The van der Waals surface area contributed by atoms with Crippen molar-refractivity contribution in [2.45, 2.75) is 5.41 Å². The standard InChI is InChI=1S/C61H39NO2/c1-4-19-40(20-5-1)43-35-36-55(48(37-43)42-23-8-3-9-24-42)62(54-32-17-13-25-44(54)41-21-6-2-7-22-41)56-33-18-34-57-60(56)64-59-39-53-49(38-58(59)63-57)47-28-12-16-31-52(47)61(53)50-29-14-10-26-45(50)46-27-11-15-30-51(46)61/h1-39H. The van der Waals surface area contributed by atoms with Gasteiger partial charge >= 0.3 is 0 Å². The number of nitrogens with zero attached hydrogens (tertiary/aromatic N) is 1. The van der Waals surface area contributed by atoms with Crippen molar-refractivity contribution in [2.75, 3.05) is 4.90 Å². The van der Waals surface area contributed by atoms with Gasteiger partial charge in [-0.15, -0.1) is 0 Å². The molecule has 3 aliphatic rings. The summed E-state index contributed by atoms with van der Waals surface area (Å²) in [5.74, 6) is 2.70. The number of fused-ring (bicyclic) bond motifs is 12. The van der Waals surface area contributed by atoms with Gasteiger partial charge in [0.2, 0.25) is 0 Å². The van der Waals surface area contributed by atoms with Gasteiger partial charge in [-0.1, -0.05) is 194 Å². The molecule has 3 nitrogen and oxygen atoms in total. The molecular formula is C61H39NO2. The molecule has 64 heavy (non-hydrogen) atoms. The van der Waals surface area contributed by atoms with E-state index in [-0.39, 0.29) is 0 Å². The summed E-state index contributed by atoms with van der Waals surface area (Å²) < 4.78 is 14.4. The zero-order valence-corrected chi connectivity index (χ0v) is 34.8. The van der Waals surface area contributed by atoms with Gasteiger partial charge in [0.1, 0.15) is 0 Å². The molecular weight excluding hydrogens is 779 g/mol. The Labute approximate surface area is 372 Å². The van der Waals surface area contributed by atoms with Gasteiger partial charge in [-0.2, -0.15) is 0 Å². The van der Waals surface area contributed by atoms with E-state index in [1.807, 2.05) is 6.07 Å². The van der Waals surface area contributed by atoms with Crippen molar-refractivity contribution in [3.63, 3.8) is 0 Å². The first kappa shape index (κ1) is 36.3. The summed E-state index contributed by atoms with van der Waals surface area (Å²) in [7, 11) is 0. The van der Waals surface area contributed by atoms with E-state index < -0.39 is 5.41 Å². The fraction of sp³-hybridized carbons (Fsp3) is 0.0164. The summed E-state index contributed by atoms with van der Waals surface area (Å²) >= 11 is 0. The molecule has 1 heterocycles. The predicted molar refractivity (Wildman–Crippen MR) is 260 cm³/mol. The number of anilines is 3. The van der Waals surface area contributed by atoms with Crippen LogP contribution in [0.15, 0.2) is 237 Å². The Morgan fingerprint density at radius 3 is 1.39 bits per heavy atom. The minimum Gasteiger partial charge on any atom is -0.449 e. The molecule has 0 radical (unpaired) electrons. The van der Waals surface area contributed by atoms with E-state index >= 15 is 0 Å². The lowest BCUT2D eigenvalue weighted by molar-refractivity contribution is 0.360. The Balaban J connectivity index is 1.04. The van der Waals surface area contributed by atoms with Crippen molar-refractivity contribution in [2.24, 2.45) is 0 Å². The van der Waals surface area contributed by atoms with Crippen LogP contribution < -0.4 is 14.4 Å². The summed E-state index contributed by atoms with van der Waals surface area (Å²) in [5.41, 5.74) is 19.1. The van der Waals surface area contributed by atoms with Crippen molar-refractivity contribution in [1.29, 1.82) is 0 Å². The zero-order chi connectivity index (χ0) is 42.2. The smallest absolute Gasteiger partial charge is 0.194 e. The third-order valence-corrected chi connectivity index (χ3v) is 13.4. The fourth-order valence-corrected chi connectivity index (χ4v) is 10.7. The molecule has 0 saturated carbocycles. The van der Waals surface area contributed by atoms with Gasteiger partial charge in [0.15, 0.2) is 23.0 Å². The fourth-order valence-electron chi connectivity index (χ4n) is 10.7. The van der Waals surface area contributed by atoms with Crippen molar-refractivity contribution in [3.05, 3.63) is 259 Å². The Morgan fingerprint density at radius 2 is 0.750 bits per heavy atom. The van der Waals surface area contributed by atoms with Crippen LogP contribution in [0.25, 0.3) is 55.6 Å². The van der Waals surface area contributed by atoms with E-state index in [2.05, 4.69) is 235 Å². The first-order valence-corrected chi connectivity index (χ1v) is 21.9. The topological polar surface area (TPSA) is 21.7 Å². The highest BCUT2D eigenvalue weighted by molar-refractivity contribution is 5.98. The number of hydrogen-bond donors (Lipinski definition) is 0. The Kier molecular flexibility index (Phi) is 8.13. The van der Waals surface area contributed by atoms with Gasteiger partial charge in [-0.25, -0.2) is 0 Å². The molecule has 10 aromatic carbocycles. The highest BCUT2D eigenvalue weighted by Crippen LogP contribution is 2.65. The Hall–Kier alpha value is -8.40. The van der Waals surface area contributed by atoms with Crippen LogP contribution in [-0.4, -0.2) is 0 Å². The summed E-state index contributed by atoms with van der Waals surface area (Å²) in [5, 5.41) is 0. The van der Waals surface area contributed by atoms with Crippen LogP contribution in [0, 0.1) is 0 Å². The Bertz CT molecular complexity index is 3400. The average Bonchev–Trinajstić information content (AvgIpc) is 3.83. The van der Waals surface area contributed by atoms with E-state index in [1.54, 1.807) is 0 Å². The number of hydrogen-bond acceptors (Lipinski definition) is 3. The van der Waals surface area contributed by atoms with Crippen molar-refractivity contribution in [1.82, 2.24) is 0 Å². The third kappa shape index (κ3) is 5.34. The highest BCUT2D eigenvalue weighted by Gasteiger charge is 2.52. The molecule has 13 rings (SSSR count). The van der Waals surface area contributed by atoms with Crippen LogP contribution in [0.3, 0.4) is 0 Å². The van der Waals surface area contributed by atoms with E-state index in [0.717, 1.165) is 56.0 Å². The second-order valence-corrected chi connectivity index (χ2v) is 16.7. The molecule has 0 fully saturated rings. The van der Waals surface area contributed by atoms with Gasteiger partial charge < -0.3 is 14.4 Å². The lowest BCUT2D eigenvalue weighted by atomic mass is 9.70. The molecule has 0 atom stereocenters. The van der Waals surface area contributed by atoms with Gasteiger partial charge in [0, 0.05) is 11.1 Å². The van der Waals surface area contributed by atoms with Gasteiger partial charge in [0.25, 0.3) is 0 Å². The molecule has 0 N–H and O–H groups in total. The number of benzene rings is 10. The average molecular weight is 818 g/mol. The molecule has 2 aliphatic carbocycles. The molecule has 0 unspecified atom stereocenters. The normalized spacial score (nSPS) is 13.1. The SMILES string of the molecule is c1ccc(-c2ccc(N(c3ccccc3-c3ccccc3)c3cccc4c3Oc3cc5c(cc3O4)-c3ccccc3C53c4ccccc4-c4ccccc43)c(-c3ccccc3)c2)cc1. The van der Waals surface area contributed by atoms with Gasteiger partial charge in [0.05, 0.1) is 22.5 Å². The predicted octanol–water partition coefficient (Wildman–Crippen LogP) is 16.4. The summed E-state index contributed by atoms with van der Waals surface area (Å²) in [6.07, 6.45) is 0. The van der Waals surface area contributed by atoms with E-state index in [9.17, 15) is 0 Å². The molecule has 0 saturated heterocycles. The van der Waals surface area contributed by atoms with Crippen LogP contribution in [0.5, 0.6) is 23.0 Å². The molecule has 3 heteroatoms. The van der Waals surface area contributed by atoms with E-state index in [1.165, 1.54) is 38.9 Å². The lowest BCUT2D eigenvalue weighted by Gasteiger charge is -2.34. The minimum atomic E-state index is -0.511. The highest BCUT2D eigenvalue weighted by atomic mass is 16.6. The quantitative estimate of drug-likeness (QED) is 0.167.